The molecule has 3 aromatic rings. The highest BCUT2D eigenvalue weighted by Gasteiger charge is 2.19. The summed E-state index contributed by atoms with van der Waals surface area (Å²) in [6.45, 7) is 1.97. The fourth-order valence-corrected chi connectivity index (χ4v) is 3.47. The topological polar surface area (TPSA) is 69.0 Å². The molecule has 0 aliphatic rings. The van der Waals surface area contributed by atoms with Crippen LogP contribution in [0.3, 0.4) is 0 Å². The van der Waals surface area contributed by atoms with Gasteiger partial charge in [-0.3, -0.25) is 4.79 Å². The van der Waals surface area contributed by atoms with Crippen molar-refractivity contribution in [2.45, 2.75) is 19.4 Å². The molecule has 2 aromatic heterocycles. The third kappa shape index (κ3) is 3.19. The number of nitrogens with one attached hydrogen (secondary N) is 1. The predicted octanol–water partition coefficient (Wildman–Crippen LogP) is 3.05. The first-order chi connectivity index (χ1) is 11.1. The van der Waals surface area contributed by atoms with Crippen LogP contribution in [0, 0.1) is 6.92 Å². The molecule has 0 spiro atoms. The maximum atomic E-state index is 11.7. The van der Waals surface area contributed by atoms with Crippen molar-refractivity contribution in [2.75, 3.05) is 12.4 Å². The second-order valence-electron chi connectivity index (χ2n) is 5.27. The molecular weight excluding hydrogens is 312 g/mol. The summed E-state index contributed by atoms with van der Waals surface area (Å²) in [5.74, 6) is -0.259. The SMILES string of the molecule is COC(=O)C[C@H](Nc1nc2c(s1)c(C)nn2C)c1ccccc1. The Bertz CT molecular complexity index is 791. The summed E-state index contributed by atoms with van der Waals surface area (Å²) < 4.78 is 7.64. The number of carbonyl (C=O) groups excluding carboxylic acids is 1. The highest BCUT2D eigenvalue weighted by Crippen LogP contribution is 2.31. The van der Waals surface area contributed by atoms with Gasteiger partial charge >= 0.3 is 5.97 Å². The van der Waals surface area contributed by atoms with Crippen LogP contribution >= 0.6 is 11.3 Å². The first kappa shape index (κ1) is 15.5. The van der Waals surface area contributed by atoms with Crippen molar-refractivity contribution in [3.05, 3.63) is 41.6 Å². The molecule has 6 nitrogen and oxygen atoms in total. The Morgan fingerprint density at radius 3 is 2.78 bits per heavy atom. The van der Waals surface area contributed by atoms with Crippen molar-refractivity contribution in [3.8, 4) is 0 Å². The summed E-state index contributed by atoms with van der Waals surface area (Å²) in [4.78, 5) is 16.3. The van der Waals surface area contributed by atoms with Crippen LogP contribution in [0.1, 0.15) is 23.7 Å². The van der Waals surface area contributed by atoms with Gasteiger partial charge in [0.1, 0.15) is 0 Å². The Kier molecular flexibility index (Phi) is 4.29. The van der Waals surface area contributed by atoms with Crippen molar-refractivity contribution in [1.82, 2.24) is 14.8 Å². The maximum Gasteiger partial charge on any atom is 0.307 e. The molecule has 120 valence electrons. The fraction of sp³-hybridized carbons (Fsp3) is 0.312. The van der Waals surface area contributed by atoms with Gasteiger partial charge in [-0.2, -0.15) is 5.10 Å². The van der Waals surface area contributed by atoms with Crippen molar-refractivity contribution in [3.63, 3.8) is 0 Å². The molecule has 0 aliphatic carbocycles. The smallest absolute Gasteiger partial charge is 0.307 e. The van der Waals surface area contributed by atoms with Crippen molar-refractivity contribution in [1.29, 1.82) is 0 Å². The lowest BCUT2D eigenvalue weighted by atomic mass is 10.0. The van der Waals surface area contributed by atoms with E-state index in [1.807, 2.05) is 44.3 Å². The second kappa shape index (κ2) is 6.37. The first-order valence-electron chi connectivity index (χ1n) is 7.27. The van der Waals surface area contributed by atoms with E-state index in [0.717, 1.165) is 26.7 Å². The number of hydrogen-bond donors (Lipinski definition) is 1. The van der Waals surface area contributed by atoms with Crippen LogP contribution in [0.5, 0.6) is 0 Å². The van der Waals surface area contributed by atoms with Crippen LogP contribution in [0.2, 0.25) is 0 Å². The van der Waals surface area contributed by atoms with Gasteiger partial charge in [0.05, 0.1) is 30.0 Å². The number of anilines is 1. The van der Waals surface area contributed by atoms with E-state index >= 15 is 0 Å². The number of aromatic nitrogens is 3. The average Bonchev–Trinajstić information content (AvgIpc) is 3.09. The summed E-state index contributed by atoms with van der Waals surface area (Å²) in [6, 6.07) is 9.64. The Hall–Kier alpha value is -2.41. The van der Waals surface area contributed by atoms with Gasteiger partial charge in [-0.25, -0.2) is 9.67 Å². The molecule has 2 heterocycles. The first-order valence-corrected chi connectivity index (χ1v) is 8.08. The molecule has 1 N–H and O–H groups in total. The van der Waals surface area contributed by atoms with Crippen molar-refractivity contribution >= 4 is 32.8 Å². The number of esters is 1. The van der Waals surface area contributed by atoms with Crippen LogP contribution in [-0.2, 0) is 16.6 Å². The van der Waals surface area contributed by atoms with Crippen molar-refractivity contribution < 1.29 is 9.53 Å². The standard InChI is InChI=1S/C16H18N4O2S/c1-10-14-15(20(2)19-10)18-16(23-14)17-12(9-13(21)22-3)11-7-5-4-6-8-11/h4-8,12H,9H2,1-3H3,(H,17,18)/t12-/m0/s1. The van der Waals surface area contributed by atoms with Gasteiger partial charge in [-0.1, -0.05) is 41.7 Å². The molecule has 0 bridgehead atoms. The largest absolute Gasteiger partial charge is 0.469 e. The molecule has 0 unspecified atom stereocenters. The molecule has 7 heteroatoms. The minimum atomic E-state index is -0.259. The summed E-state index contributed by atoms with van der Waals surface area (Å²) in [7, 11) is 3.28. The number of benzene rings is 1. The van der Waals surface area contributed by atoms with E-state index in [0.29, 0.717) is 0 Å². The molecule has 23 heavy (non-hydrogen) atoms. The monoisotopic (exact) mass is 330 g/mol. The molecule has 1 aromatic carbocycles. The number of methoxy groups -OCH3 is 1. The summed E-state index contributed by atoms with van der Waals surface area (Å²) in [5.41, 5.74) is 2.82. The van der Waals surface area contributed by atoms with Gasteiger partial charge in [0.15, 0.2) is 10.8 Å². The maximum absolute atomic E-state index is 11.7. The Morgan fingerprint density at radius 2 is 2.13 bits per heavy atom. The Morgan fingerprint density at radius 1 is 1.39 bits per heavy atom. The molecule has 1 atom stereocenters. The minimum absolute atomic E-state index is 0.183. The van der Waals surface area contributed by atoms with Gasteiger partial charge < -0.3 is 10.1 Å². The van der Waals surface area contributed by atoms with Crippen LogP contribution in [0.15, 0.2) is 30.3 Å². The van der Waals surface area contributed by atoms with Gasteiger partial charge in [0.25, 0.3) is 0 Å². The zero-order chi connectivity index (χ0) is 16.4. The molecule has 0 aliphatic heterocycles. The molecule has 0 radical (unpaired) electrons. The quantitative estimate of drug-likeness (QED) is 0.728. The van der Waals surface area contributed by atoms with Crippen molar-refractivity contribution in [2.24, 2.45) is 7.05 Å². The molecule has 0 saturated carbocycles. The summed E-state index contributed by atoms with van der Waals surface area (Å²) in [5, 5.41) is 8.48. The summed E-state index contributed by atoms with van der Waals surface area (Å²) in [6.07, 6.45) is 0.244. The zero-order valence-corrected chi connectivity index (χ0v) is 14.1. The number of fused-ring (bicyclic) bond motifs is 1. The van der Waals surface area contributed by atoms with Crippen LogP contribution in [0.4, 0.5) is 5.13 Å². The minimum Gasteiger partial charge on any atom is -0.469 e. The molecule has 0 saturated heterocycles. The molecule has 0 fully saturated rings. The Balaban J connectivity index is 1.90. The van der Waals surface area contributed by atoms with E-state index in [1.165, 1.54) is 7.11 Å². The average molecular weight is 330 g/mol. The van der Waals surface area contributed by atoms with Crippen LogP contribution < -0.4 is 5.32 Å². The predicted molar refractivity (Wildman–Crippen MR) is 90.6 cm³/mol. The fourth-order valence-electron chi connectivity index (χ4n) is 2.48. The van der Waals surface area contributed by atoms with Gasteiger partial charge in [0, 0.05) is 7.05 Å². The third-order valence-electron chi connectivity index (χ3n) is 3.64. The zero-order valence-electron chi connectivity index (χ0n) is 13.2. The number of hydrogen-bond acceptors (Lipinski definition) is 6. The lowest BCUT2D eigenvalue weighted by molar-refractivity contribution is -0.140. The number of rotatable bonds is 5. The van der Waals surface area contributed by atoms with E-state index in [-0.39, 0.29) is 18.4 Å². The number of thiazole rings is 1. The van der Waals surface area contributed by atoms with E-state index in [2.05, 4.69) is 15.4 Å². The Labute approximate surface area is 138 Å². The van der Waals surface area contributed by atoms with Gasteiger partial charge in [-0.15, -0.1) is 0 Å². The van der Waals surface area contributed by atoms with Gasteiger partial charge in [0.2, 0.25) is 0 Å². The number of ether oxygens (including phenoxy) is 1. The lowest BCUT2D eigenvalue weighted by Crippen LogP contribution is -2.16. The molecule has 3 rings (SSSR count). The van der Waals surface area contributed by atoms with Crippen LogP contribution in [-0.4, -0.2) is 27.8 Å². The van der Waals surface area contributed by atoms with E-state index in [1.54, 1.807) is 16.0 Å². The lowest BCUT2D eigenvalue weighted by Gasteiger charge is -2.17. The number of aryl methyl sites for hydroxylation is 2. The highest BCUT2D eigenvalue weighted by atomic mass is 32.1. The number of nitrogens with zero attached hydrogens (tertiary/aromatic N) is 3. The summed E-state index contributed by atoms with van der Waals surface area (Å²) >= 11 is 1.54. The normalized spacial score (nSPS) is 12.3. The van der Waals surface area contributed by atoms with E-state index in [9.17, 15) is 4.79 Å². The van der Waals surface area contributed by atoms with Crippen LogP contribution in [0.25, 0.3) is 10.3 Å². The van der Waals surface area contributed by atoms with Gasteiger partial charge in [-0.05, 0) is 12.5 Å². The number of carbonyl (C=O) groups is 1. The third-order valence-corrected chi connectivity index (χ3v) is 4.73. The molecular formula is C16H18N4O2S. The van der Waals surface area contributed by atoms with E-state index in [4.69, 9.17) is 4.74 Å². The van der Waals surface area contributed by atoms with E-state index < -0.39 is 0 Å². The second-order valence-corrected chi connectivity index (χ2v) is 6.27. The highest BCUT2D eigenvalue weighted by molar-refractivity contribution is 7.22. The molecule has 0 amide bonds.